The normalized spacial score (nSPS) is 17.5. The number of ether oxygens (including phenoxy) is 3. The molecular formula is C32H36N6O5. The Balaban J connectivity index is 1.38. The topological polar surface area (TPSA) is 111 Å². The van der Waals surface area contributed by atoms with E-state index in [2.05, 4.69) is 20.5 Å². The van der Waals surface area contributed by atoms with Gasteiger partial charge in [-0.15, -0.1) is 5.10 Å². The number of hydrogen-bond acceptors (Lipinski definition) is 8. The minimum atomic E-state index is -0.963. The number of amides is 2. The zero-order chi connectivity index (χ0) is 29.6. The van der Waals surface area contributed by atoms with E-state index in [1.165, 1.54) is 4.90 Å². The molecule has 11 nitrogen and oxygen atoms in total. The van der Waals surface area contributed by atoms with Gasteiger partial charge in [-0.2, -0.15) is 0 Å². The zero-order valence-electron chi connectivity index (χ0n) is 24.2. The number of benzene rings is 3. The van der Waals surface area contributed by atoms with Crippen molar-refractivity contribution in [1.82, 2.24) is 20.3 Å². The summed E-state index contributed by atoms with van der Waals surface area (Å²) in [5.74, 6) is -0.0460. The molecule has 11 heteroatoms. The maximum absolute atomic E-state index is 14.3. The summed E-state index contributed by atoms with van der Waals surface area (Å²) in [6, 6.07) is 21.5. The summed E-state index contributed by atoms with van der Waals surface area (Å²) in [5.41, 5.74) is 3.67. The Morgan fingerprint density at radius 2 is 1.86 bits per heavy atom. The molecule has 224 valence electrons. The lowest BCUT2D eigenvalue weighted by molar-refractivity contribution is -0.127. The predicted molar refractivity (Wildman–Crippen MR) is 162 cm³/mol. The predicted octanol–water partition coefficient (Wildman–Crippen LogP) is 3.35. The second kappa shape index (κ2) is 13.2. The van der Waals surface area contributed by atoms with Crippen LogP contribution < -0.4 is 19.9 Å². The van der Waals surface area contributed by atoms with Crippen molar-refractivity contribution < 1.29 is 23.8 Å². The summed E-state index contributed by atoms with van der Waals surface area (Å²) in [5, 5.41) is 11.5. The van der Waals surface area contributed by atoms with Crippen LogP contribution >= 0.6 is 0 Å². The highest BCUT2D eigenvalue weighted by Crippen LogP contribution is 2.32. The van der Waals surface area contributed by atoms with Gasteiger partial charge in [-0.25, -0.2) is 4.68 Å². The van der Waals surface area contributed by atoms with Crippen LogP contribution in [0, 0.1) is 0 Å². The molecule has 1 N–H and O–H groups in total. The fourth-order valence-electron chi connectivity index (χ4n) is 5.66. The second-order valence-electron chi connectivity index (χ2n) is 10.7. The molecule has 3 heterocycles. The van der Waals surface area contributed by atoms with Crippen molar-refractivity contribution >= 4 is 34.2 Å². The lowest BCUT2D eigenvalue weighted by Gasteiger charge is -2.33. The Morgan fingerprint density at radius 3 is 2.63 bits per heavy atom. The van der Waals surface area contributed by atoms with E-state index in [9.17, 15) is 9.59 Å². The summed E-state index contributed by atoms with van der Waals surface area (Å²) in [6.07, 6.45) is 1.81. The molecule has 3 aromatic carbocycles. The first-order valence-electron chi connectivity index (χ1n) is 14.7. The lowest BCUT2D eigenvalue weighted by Crippen LogP contribution is -2.46. The number of nitrogens with one attached hydrogen (secondary N) is 1. The SMILES string of the molecule is COc1cccc(N(C(=O)Cn2nnc3ccccc32)[C@H](C(=O)NC[C@H]2CCCO2)c2ccc(N3CCOCC3)cc2)c1. The molecule has 0 bridgehead atoms. The molecule has 43 heavy (non-hydrogen) atoms. The van der Waals surface area contributed by atoms with Crippen LogP contribution in [-0.4, -0.2) is 79.5 Å². The molecule has 0 unspecified atom stereocenters. The van der Waals surface area contributed by atoms with Crippen molar-refractivity contribution in [3.63, 3.8) is 0 Å². The summed E-state index contributed by atoms with van der Waals surface area (Å²) in [6.45, 7) is 3.88. The van der Waals surface area contributed by atoms with E-state index in [4.69, 9.17) is 14.2 Å². The summed E-state index contributed by atoms with van der Waals surface area (Å²) < 4.78 is 18.3. The maximum Gasteiger partial charge on any atom is 0.249 e. The molecule has 0 spiro atoms. The molecule has 6 rings (SSSR count). The quantitative estimate of drug-likeness (QED) is 0.302. The fraction of sp³-hybridized carbons (Fsp3) is 0.375. The molecule has 2 saturated heterocycles. The Labute approximate surface area is 250 Å². The largest absolute Gasteiger partial charge is 0.497 e. The molecule has 1 aromatic heterocycles. The van der Waals surface area contributed by atoms with Crippen molar-refractivity contribution in [1.29, 1.82) is 0 Å². The van der Waals surface area contributed by atoms with Crippen molar-refractivity contribution in [3.8, 4) is 5.75 Å². The first-order chi connectivity index (χ1) is 21.1. The average molecular weight is 585 g/mol. The Bertz CT molecular complexity index is 1550. The van der Waals surface area contributed by atoms with Crippen LogP contribution in [0.3, 0.4) is 0 Å². The molecule has 2 aliphatic rings. The maximum atomic E-state index is 14.3. The fourth-order valence-corrected chi connectivity index (χ4v) is 5.66. The molecule has 4 aromatic rings. The Kier molecular flexibility index (Phi) is 8.80. The van der Waals surface area contributed by atoms with Gasteiger partial charge < -0.3 is 24.4 Å². The van der Waals surface area contributed by atoms with Gasteiger partial charge in [0.15, 0.2) is 0 Å². The summed E-state index contributed by atoms with van der Waals surface area (Å²) >= 11 is 0. The highest BCUT2D eigenvalue weighted by atomic mass is 16.5. The number of anilines is 2. The van der Waals surface area contributed by atoms with Crippen LogP contribution in [-0.2, 0) is 25.6 Å². The molecular weight excluding hydrogens is 548 g/mol. The van der Waals surface area contributed by atoms with E-state index in [1.54, 1.807) is 23.9 Å². The zero-order valence-corrected chi connectivity index (χ0v) is 24.2. The summed E-state index contributed by atoms with van der Waals surface area (Å²) in [7, 11) is 1.57. The van der Waals surface area contributed by atoms with Gasteiger partial charge in [-0.1, -0.05) is 35.5 Å². The van der Waals surface area contributed by atoms with Crippen LogP contribution in [0.1, 0.15) is 24.4 Å². The number of rotatable bonds is 10. The first-order valence-corrected chi connectivity index (χ1v) is 14.7. The molecule has 2 amide bonds. The first kappa shape index (κ1) is 28.6. The number of aromatic nitrogens is 3. The molecule has 0 aliphatic carbocycles. The number of carbonyl (C=O) groups excluding carboxylic acids is 2. The van der Waals surface area contributed by atoms with Gasteiger partial charge in [-0.05, 0) is 54.8 Å². The number of fused-ring (bicyclic) bond motifs is 1. The highest BCUT2D eigenvalue weighted by molar-refractivity contribution is 6.01. The van der Waals surface area contributed by atoms with Crippen LogP contribution in [0.15, 0.2) is 72.8 Å². The van der Waals surface area contributed by atoms with Crippen LogP contribution in [0.2, 0.25) is 0 Å². The van der Waals surface area contributed by atoms with Gasteiger partial charge in [0.1, 0.15) is 23.9 Å². The third-order valence-electron chi connectivity index (χ3n) is 7.93. The Hall–Kier alpha value is -4.48. The minimum Gasteiger partial charge on any atom is -0.497 e. The summed E-state index contributed by atoms with van der Waals surface area (Å²) in [4.78, 5) is 32.2. The third kappa shape index (κ3) is 6.47. The number of methoxy groups -OCH3 is 1. The number of hydrogen-bond donors (Lipinski definition) is 1. The number of nitrogens with zero attached hydrogens (tertiary/aromatic N) is 5. The lowest BCUT2D eigenvalue weighted by atomic mass is 10.0. The van der Waals surface area contributed by atoms with E-state index in [0.29, 0.717) is 48.9 Å². The van der Waals surface area contributed by atoms with Crippen molar-refractivity contribution in [2.45, 2.75) is 31.5 Å². The van der Waals surface area contributed by atoms with Crippen molar-refractivity contribution in [3.05, 3.63) is 78.4 Å². The van der Waals surface area contributed by atoms with Gasteiger partial charge in [0.25, 0.3) is 0 Å². The number of carbonyl (C=O) groups is 2. The van der Waals surface area contributed by atoms with Gasteiger partial charge in [-0.3, -0.25) is 14.5 Å². The monoisotopic (exact) mass is 584 g/mol. The van der Waals surface area contributed by atoms with Gasteiger partial charge in [0, 0.05) is 43.7 Å². The molecule has 2 atom stereocenters. The van der Waals surface area contributed by atoms with E-state index in [0.717, 1.165) is 37.1 Å². The highest BCUT2D eigenvalue weighted by Gasteiger charge is 2.34. The number of morpholine rings is 1. The van der Waals surface area contributed by atoms with Gasteiger partial charge in [0.05, 0.1) is 31.9 Å². The van der Waals surface area contributed by atoms with E-state index in [-0.39, 0.29) is 24.5 Å². The van der Waals surface area contributed by atoms with Crippen LogP contribution in [0.25, 0.3) is 11.0 Å². The molecule has 0 radical (unpaired) electrons. The van der Waals surface area contributed by atoms with Crippen LogP contribution in [0.5, 0.6) is 5.75 Å². The van der Waals surface area contributed by atoms with Gasteiger partial charge >= 0.3 is 0 Å². The molecule has 0 saturated carbocycles. The van der Waals surface area contributed by atoms with Crippen LogP contribution in [0.4, 0.5) is 11.4 Å². The minimum absolute atomic E-state index is 0.0456. The van der Waals surface area contributed by atoms with Crippen molar-refractivity contribution in [2.24, 2.45) is 0 Å². The molecule has 2 aliphatic heterocycles. The van der Waals surface area contributed by atoms with E-state index in [1.807, 2.05) is 60.7 Å². The van der Waals surface area contributed by atoms with Crippen molar-refractivity contribution in [2.75, 3.05) is 56.4 Å². The number of para-hydroxylation sites is 1. The smallest absolute Gasteiger partial charge is 0.249 e. The third-order valence-corrected chi connectivity index (χ3v) is 7.93. The average Bonchev–Trinajstić information content (AvgIpc) is 3.73. The van der Waals surface area contributed by atoms with Gasteiger partial charge in [0.2, 0.25) is 11.8 Å². The molecule has 2 fully saturated rings. The van der Waals surface area contributed by atoms with E-state index >= 15 is 0 Å². The standard InChI is InChI=1S/C32H36N6O5/c1-41-26-7-4-6-25(20-26)38(30(39)22-37-29-10-3-2-9-28(29)34-35-37)31(32(40)33-21-27-8-5-17-43-27)23-11-13-24(14-12-23)36-15-18-42-19-16-36/h2-4,6-7,9-14,20,27,31H,5,8,15-19,21-22H2,1H3,(H,33,40)/t27-,31+/m1/s1. The Morgan fingerprint density at radius 1 is 1.05 bits per heavy atom. The van der Waals surface area contributed by atoms with E-state index < -0.39 is 6.04 Å². The second-order valence-corrected chi connectivity index (χ2v) is 10.7.